The fourth-order valence-electron chi connectivity index (χ4n) is 1.58. The zero-order valence-corrected chi connectivity index (χ0v) is 11.1. The van der Waals surface area contributed by atoms with Crippen LogP contribution in [0, 0.1) is 12.7 Å². The van der Waals surface area contributed by atoms with Crippen LogP contribution in [-0.4, -0.2) is 12.3 Å². The number of anilines is 1. The highest BCUT2D eigenvalue weighted by molar-refractivity contribution is 7.99. The number of thioether (sulfide) groups is 1. The van der Waals surface area contributed by atoms with Gasteiger partial charge in [0.2, 0.25) is 0 Å². The second-order valence-electron chi connectivity index (χ2n) is 4.05. The van der Waals surface area contributed by atoms with E-state index in [0.717, 1.165) is 18.0 Å². The molecular formula is C15H16FNS. The summed E-state index contributed by atoms with van der Waals surface area (Å²) in [4.78, 5) is 1.26. The maximum atomic E-state index is 13.3. The molecule has 1 nitrogen and oxygen atoms in total. The lowest BCUT2D eigenvalue weighted by Crippen LogP contribution is -2.04. The fourth-order valence-corrected chi connectivity index (χ4v) is 2.37. The van der Waals surface area contributed by atoms with Crippen molar-refractivity contribution in [3.8, 4) is 0 Å². The van der Waals surface area contributed by atoms with Gasteiger partial charge in [0, 0.05) is 22.9 Å². The van der Waals surface area contributed by atoms with E-state index in [1.54, 1.807) is 30.8 Å². The predicted molar refractivity (Wildman–Crippen MR) is 76.8 cm³/mol. The average Bonchev–Trinajstić information content (AvgIpc) is 2.40. The van der Waals surface area contributed by atoms with Crippen molar-refractivity contribution in [2.24, 2.45) is 0 Å². The van der Waals surface area contributed by atoms with Crippen LogP contribution in [0.2, 0.25) is 0 Å². The molecule has 94 valence electrons. The van der Waals surface area contributed by atoms with Gasteiger partial charge in [-0.15, -0.1) is 11.8 Å². The highest BCUT2D eigenvalue weighted by Crippen LogP contribution is 2.17. The predicted octanol–water partition coefficient (Wildman–Crippen LogP) is 4.34. The summed E-state index contributed by atoms with van der Waals surface area (Å²) in [5.74, 6) is 0.801. The molecular weight excluding hydrogens is 245 g/mol. The maximum Gasteiger partial charge on any atom is 0.128 e. The van der Waals surface area contributed by atoms with Crippen LogP contribution in [0.5, 0.6) is 0 Å². The van der Waals surface area contributed by atoms with Gasteiger partial charge in [0.05, 0.1) is 0 Å². The summed E-state index contributed by atoms with van der Waals surface area (Å²) in [5.41, 5.74) is 1.52. The van der Waals surface area contributed by atoms with Crippen molar-refractivity contribution >= 4 is 17.4 Å². The van der Waals surface area contributed by atoms with E-state index in [9.17, 15) is 4.39 Å². The SMILES string of the molecule is Cc1ccc(NCCSc2ccccc2)cc1F. The zero-order chi connectivity index (χ0) is 12.8. The molecule has 0 amide bonds. The third-order valence-corrected chi connectivity index (χ3v) is 3.63. The van der Waals surface area contributed by atoms with Gasteiger partial charge in [-0.25, -0.2) is 4.39 Å². The lowest BCUT2D eigenvalue weighted by atomic mass is 10.2. The summed E-state index contributed by atoms with van der Waals surface area (Å²) in [5, 5.41) is 3.22. The normalized spacial score (nSPS) is 10.3. The van der Waals surface area contributed by atoms with E-state index < -0.39 is 0 Å². The molecule has 0 saturated carbocycles. The van der Waals surface area contributed by atoms with Crippen molar-refractivity contribution in [3.63, 3.8) is 0 Å². The van der Waals surface area contributed by atoms with Gasteiger partial charge in [-0.1, -0.05) is 24.3 Å². The van der Waals surface area contributed by atoms with E-state index >= 15 is 0 Å². The van der Waals surface area contributed by atoms with E-state index in [0.29, 0.717) is 5.56 Å². The van der Waals surface area contributed by atoms with Gasteiger partial charge in [0.1, 0.15) is 5.82 Å². The van der Waals surface area contributed by atoms with Crippen LogP contribution in [0.3, 0.4) is 0 Å². The van der Waals surface area contributed by atoms with Crippen LogP contribution in [0.4, 0.5) is 10.1 Å². The van der Waals surface area contributed by atoms with E-state index in [4.69, 9.17) is 0 Å². The summed E-state index contributed by atoms with van der Waals surface area (Å²) in [6.07, 6.45) is 0. The Morgan fingerprint density at radius 1 is 1.11 bits per heavy atom. The first-order chi connectivity index (χ1) is 8.75. The largest absolute Gasteiger partial charge is 0.384 e. The average molecular weight is 261 g/mol. The Bertz CT molecular complexity index is 499. The van der Waals surface area contributed by atoms with Crippen molar-refractivity contribution in [3.05, 3.63) is 59.9 Å². The number of hydrogen-bond donors (Lipinski definition) is 1. The Morgan fingerprint density at radius 3 is 2.61 bits per heavy atom. The van der Waals surface area contributed by atoms with Gasteiger partial charge in [-0.05, 0) is 36.8 Å². The first kappa shape index (κ1) is 13.0. The Morgan fingerprint density at radius 2 is 1.89 bits per heavy atom. The minimum atomic E-state index is -0.157. The zero-order valence-electron chi connectivity index (χ0n) is 10.3. The number of hydrogen-bond acceptors (Lipinski definition) is 2. The van der Waals surface area contributed by atoms with Gasteiger partial charge < -0.3 is 5.32 Å². The second kappa shape index (κ2) is 6.45. The highest BCUT2D eigenvalue weighted by atomic mass is 32.2. The van der Waals surface area contributed by atoms with Crippen molar-refractivity contribution in [1.82, 2.24) is 0 Å². The number of halogens is 1. The molecule has 2 aromatic rings. The molecule has 0 atom stereocenters. The lowest BCUT2D eigenvalue weighted by Gasteiger charge is -2.07. The van der Waals surface area contributed by atoms with Crippen LogP contribution in [0.15, 0.2) is 53.4 Å². The highest BCUT2D eigenvalue weighted by Gasteiger charge is 1.98. The van der Waals surface area contributed by atoms with E-state index in [-0.39, 0.29) is 5.82 Å². The molecule has 1 N–H and O–H groups in total. The Kier molecular flexibility index (Phi) is 4.65. The Hall–Kier alpha value is -1.48. The first-order valence-corrected chi connectivity index (χ1v) is 6.92. The molecule has 0 bridgehead atoms. The van der Waals surface area contributed by atoms with Crippen LogP contribution in [-0.2, 0) is 0 Å². The van der Waals surface area contributed by atoms with Gasteiger partial charge in [-0.3, -0.25) is 0 Å². The lowest BCUT2D eigenvalue weighted by molar-refractivity contribution is 0.619. The van der Waals surface area contributed by atoms with Crippen molar-refractivity contribution in [1.29, 1.82) is 0 Å². The second-order valence-corrected chi connectivity index (χ2v) is 5.22. The number of benzene rings is 2. The molecule has 0 fully saturated rings. The molecule has 0 unspecified atom stereocenters. The molecule has 3 heteroatoms. The molecule has 0 aliphatic rings. The minimum absolute atomic E-state index is 0.157. The van der Waals surface area contributed by atoms with Crippen LogP contribution < -0.4 is 5.32 Å². The number of aryl methyl sites for hydroxylation is 1. The molecule has 0 aliphatic heterocycles. The third kappa shape index (κ3) is 3.77. The molecule has 2 rings (SSSR count). The Labute approximate surface area is 111 Å². The molecule has 2 aromatic carbocycles. The Balaban J connectivity index is 1.77. The van der Waals surface area contributed by atoms with Gasteiger partial charge in [0.25, 0.3) is 0 Å². The van der Waals surface area contributed by atoms with Crippen LogP contribution in [0.1, 0.15) is 5.56 Å². The quantitative estimate of drug-likeness (QED) is 0.635. The van der Waals surface area contributed by atoms with E-state index in [1.165, 1.54) is 4.90 Å². The molecule has 0 aromatic heterocycles. The number of nitrogens with one attached hydrogen (secondary N) is 1. The number of rotatable bonds is 5. The van der Waals surface area contributed by atoms with E-state index in [2.05, 4.69) is 17.4 Å². The van der Waals surface area contributed by atoms with Crippen LogP contribution >= 0.6 is 11.8 Å². The molecule has 0 aliphatic carbocycles. The molecule has 18 heavy (non-hydrogen) atoms. The third-order valence-electron chi connectivity index (χ3n) is 2.61. The van der Waals surface area contributed by atoms with Crippen LogP contribution in [0.25, 0.3) is 0 Å². The molecule has 0 saturated heterocycles. The molecule has 0 radical (unpaired) electrons. The standard InChI is InChI=1S/C15H16FNS/c1-12-7-8-13(11-15(12)16)17-9-10-18-14-5-3-2-4-6-14/h2-8,11,17H,9-10H2,1H3. The van der Waals surface area contributed by atoms with Gasteiger partial charge in [0.15, 0.2) is 0 Å². The van der Waals surface area contributed by atoms with Crippen molar-refractivity contribution in [2.75, 3.05) is 17.6 Å². The topological polar surface area (TPSA) is 12.0 Å². The summed E-state index contributed by atoms with van der Waals surface area (Å²) >= 11 is 1.79. The summed E-state index contributed by atoms with van der Waals surface area (Å²) in [6, 6.07) is 15.5. The van der Waals surface area contributed by atoms with Crippen molar-refractivity contribution < 1.29 is 4.39 Å². The maximum absolute atomic E-state index is 13.3. The van der Waals surface area contributed by atoms with Gasteiger partial charge in [-0.2, -0.15) is 0 Å². The van der Waals surface area contributed by atoms with Crippen molar-refractivity contribution in [2.45, 2.75) is 11.8 Å². The first-order valence-electron chi connectivity index (χ1n) is 5.93. The summed E-state index contributed by atoms with van der Waals surface area (Å²) in [6.45, 7) is 2.59. The summed E-state index contributed by atoms with van der Waals surface area (Å²) in [7, 11) is 0. The smallest absolute Gasteiger partial charge is 0.128 e. The summed E-state index contributed by atoms with van der Waals surface area (Å²) < 4.78 is 13.3. The minimum Gasteiger partial charge on any atom is -0.384 e. The van der Waals surface area contributed by atoms with E-state index in [1.807, 2.05) is 24.3 Å². The monoisotopic (exact) mass is 261 g/mol. The van der Waals surface area contributed by atoms with Gasteiger partial charge >= 0.3 is 0 Å². The fraction of sp³-hybridized carbons (Fsp3) is 0.200. The molecule has 0 heterocycles. The molecule has 0 spiro atoms.